The van der Waals surface area contributed by atoms with Crippen molar-refractivity contribution < 1.29 is 9.18 Å². The SMILES string of the molecule is O=C(c1ccc(-c2ccc(Nc3nc4cc(F)ccc4s3)cc2)cc1)C1CCCC1. The van der Waals surface area contributed by atoms with Gasteiger partial charge in [-0.05, 0) is 48.2 Å². The monoisotopic (exact) mass is 416 g/mol. The molecule has 5 heteroatoms. The third kappa shape index (κ3) is 3.85. The molecule has 1 fully saturated rings. The highest BCUT2D eigenvalue weighted by molar-refractivity contribution is 7.22. The molecule has 1 saturated carbocycles. The van der Waals surface area contributed by atoms with Crippen molar-refractivity contribution in [3.8, 4) is 11.1 Å². The highest BCUT2D eigenvalue weighted by Gasteiger charge is 2.23. The van der Waals surface area contributed by atoms with Gasteiger partial charge in [-0.15, -0.1) is 0 Å². The van der Waals surface area contributed by atoms with Crippen molar-refractivity contribution in [1.82, 2.24) is 4.98 Å². The van der Waals surface area contributed by atoms with Crippen molar-refractivity contribution in [2.75, 3.05) is 5.32 Å². The van der Waals surface area contributed by atoms with Gasteiger partial charge in [-0.2, -0.15) is 0 Å². The topological polar surface area (TPSA) is 42.0 Å². The number of nitrogens with zero attached hydrogens (tertiary/aromatic N) is 1. The molecule has 0 aliphatic heterocycles. The second kappa shape index (κ2) is 8.00. The summed E-state index contributed by atoms with van der Waals surface area (Å²) in [6.45, 7) is 0. The zero-order valence-corrected chi connectivity index (χ0v) is 17.2. The standard InChI is InChI=1S/C25H21FN2OS/c26-20-11-14-23-22(15-20)28-25(30-23)27-21-12-9-17(10-13-21)16-5-7-19(8-6-16)24(29)18-3-1-2-4-18/h5-15,18H,1-4H2,(H,27,28). The van der Waals surface area contributed by atoms with E-state index < -0.39 is 0 Å². The van der Waals surface area contributed by atoms with Crippen LogP contribution < -0.4 is 5.32 Å². The number of halogens is 1. The molecule has 30 heavy (non-hydrogen) atoms. The summed E-state index contributed by atoms with van der Waals surface area (Å²) in [7, 11) is 0. The van der Waals surface area contributed by atoms with E-state index in [0.717, 1.165) is 45.1 Å². The fourth-order valence-electron chi connectivity index (χ4n) is 4.07. The summed E-state index contributed by atoms with van der Waals surface area (Å²) >= 11 is 1.50. The maximum Gasteiger partial charge on any atom is 0.188 e. The molecule has 1 heterocycles. The summed E-state index contributed by atoms with van der Waals surface area (Å²) in [6.07, 6.45) is 4.39. The second-order valence-electron chi connectivity index (χ2n) is 7.76. The van der Waals surface area contributed by atoms with E-state index in [1.165, 1.54) is 36.3 Å². The molecule has 1 aliphatic rings. The molecular weight excluding hydrogens is 395 g/mol. The van der Waals surface area contributed by atoms with Crippen LogP contribution in [0.4, 0.5) is 15.2 Å². The molecule has 4 aromatic rings. The summed E-state index contributed by atoms with van der Waals surface area (Å²) in [5.74, 6) is 0.217. The average Bonchev–Trinajstić information content (AvgIpc) is 3.43. The summed E-state index contributed by atoms with van der Waals surface area (Å²) in [6, 6.07) is 20.7. The zero-order valence-electron chi connectivity index (χ0n) is 16.4. The van der Waals surface area contributed by atoms with Crippen molar-refractivity contribution >= 4 is 38.2 Å². The molecule has 0 saturated heterocycles. The van der Waals surface area contributed by atoms with Gasteiger partial charge >= 0.3 is 0 Å². The van der Waals surface area contributed by atoms with E-state index in [9.17, 15) is 9.18 Å². The molecule has 0 atom stereocenters. The van der Waals surface area contributed by atoms with Gasteiger partial charge in [0.15, 0.2) is 10.9 Å². The van der Waals surface area contributed by atoms with Crippen LogP contribution in [0.1, 0.15) is 36.0 Å². The first-order valence-corrected chi connectivity index (χ1v) is 11.1. The van der Waals surface area contributed by atoms with Crippen molar-refractivity contribution in [2.24, 2.45) is 5.92 Å². The normalized spacial score (nSPS) is 14.3. The minimum absolute atomic E-state index is 0.209. The first kappa shape index (κ1) is 18.9. The molecule has 150 valence electrons. The number of carbonyl (C=O) groups is 1. The van der Waals surface area contributed by atoms with Crippen molar-refractivity contribution in [3.63, 3.8) is 0 Å². The van der Waals surface area contributed by atoms with Crippen LogP contribution in [0.2, 0.25) is 0 Å². The molecule has 1 aromatic heterocycles. The Morgan fingerprint density at radius 2 is 1.60 bits per heavy atom. The lowest BCUT2D eigenvalue weighted by Crippen LogP contribution is -2.10. The molecule has 0 spiro atoms. The maximum atomic E-state index is 13.4. The number of ketones is 1. The van der Waals surface area contributed by atoms with E-state index in [1.54, 1.807) is 6.07 Å². The van der Waals surface area contributed by atoms with Crippen LogP contribution in [-0.4, -0.2) is 10.8 Å². The molecule has 0 radical (unpaired) electrons. The lowest BCUT2D eigenvalue weighted by Gasteiger charge is -2.09. The Morgan fingerprint density at radius 1 is 0.933 bits per heavy atom. The molecule has 0 unspecified atom stereocenters. The molecular formula is C25H21FN2OS. The molecule has 3 aromatic carbocycles. The summed E-state index contributed by atoms with van der Waals surface area (Å²) in [4.78, 5) is 17.0. The first-order chi connectivity index (χ1) is 14.7. The predicted octanol–water partition coefficient (Wildman–Crippen LogP) is 7.22. The number of nitrogens with one attached hydrogen (secondary N) is 1. The van der Waals surface area contributed by atoms with Crippen LogP contribution in [0, 0.1) is 11.7 Å². The molecule has 3 nitrogen and oxygen atoms in total. The van der Waals surface area contributed by atoms with Gasteiger partial charge in [0.2, 0.25) is 0 Å². The number of benzene rings is 3. The van der Waals surface area contributed by atoms with Gasteiger partial charge in [0.25, 0.3) is 0 Å². The van der Waals surface area contributed by atoms with E-state index in [4.69, 9.17) is 0 Å². The maximum absolute atomic E-state index is 13.4. The highest BCUT2D eigenvalue weighted by atomic mass is 32.1. The summed E-state index contributed by atoms with van der Waals surface area (Å²) < 4.78 is 14.3. The van der Waals surface area contributed by atoms with Gasteiger partial charge in [0.1, 0.15) is 5.82 Å². The molecule has 0 amide bonds. The molecule has 1 aliphatic carbocycles. The van der Waals surface area contributed by atoms with Gasteiger partial charge in [0, 0.05) is 23.2 Å². The number of thiazole rings is 1. The first-order valence-electron chi connectivity index (χ1n) is 10.2. The summed E-state index contributed by atoms with van der Waals surface area (Å²) in [5.41, 5.74) is 4.57. The Kier molecular flexibility index (Phi) is 5.05. The number of anilines is 2. The molecule has 5 rings (SSSR count). The van der Waals surface area contributed by atoms with Crippen molar-refractivity contribution in [3.05, 3.63) is 78.1 Å². The number of hydrogen-bond acceptors (Lipinski definition) is 4. The Balaban J connectivity index is 1.29. The van der Waals surface area contributed by atoms with Crippen LogP contribution in [0.25, 0.3) is 21.3 Å². The van der Waals surface area contributed by atoms with Crippen LogP contribution in [-0.2, 0) is 0 Å². The molecule has 1 N–H and O–H groups in total. The van der Waals surface area contributed by atoms with Gasteiger partial charge in [-0.1, -0.05) is 60.6 Å². The number of fused-ring (bicyclic) bond motifs is 1. The molecule has 0 bridgehead atoms. The van der Waals surface area contributed by atoms with E-state index >= 15 is 0 Å². The van der Waals surface area contributed by atoms with E-state index in [2.05, 4.69) is 10.3 Å². The van der Waals surface area contributed by atoms with Crippen LogP contribution in [0.5, 0.6) is 0 Å². The lowest BCUT2D eigenvalue weighted by molar-refractivity contribution is 0.0923. The third-order valence-electron chi connectivity index (χ3n) is 5.71. The van der Waals surface area contributed by atoms with Gasteiger partial charge in [-0.25, -0.2) is 9.37 Å². The van der Waals surface area contributed by atoms with E-state index in [1.807, 2.05) is 48.5 Å². The smallest absolute Gasteiger partial charge is 0.188 e. The highest BCUT2D eigenvalue weighted by Crippen LogP contribution is 2.31. The number of aromatic nitrogens is 1. The van der Waals surface area contributed by atoms with Gasteiger partial charge in [0.05, 0.1) is 10.2 Å². The van der Waals surface area contributed by atoms with Crippen LogP contribution in [0.3, 0.4) is 0 Å². The largest absolute Gasteiger partial charge is 0.332 e. The Morgan fingerprint density at radius 3 is 2.30 bits per heavy atom. The minimum Gasteiger partial charge on any atom is -0.332 e. The number of hydrogen-bond donors (Lipinski definition) is 1. The number of rotatable bonds is 5. The van der Waals surface area contributed by atoms with Gasteiger partial charge < -0.3 is 5.32 Å². The minimum atomic E-state index is -0.278. The Bertz CT molecular complexity index is 1190. The summed E-state index contributed by atoms with van der Waals surface area (Å²) in [5, 5.41) is 4.02. The van der Waals surface area contributed by atoms with E-state index in [-0.39, 0.29) is 17.5 Å². The zero-order chi connectivity index (χ0) is 20.5. The van der Waals surface area contributed by atoms with Gasteiger partial charge in [-0.3, -0.25) is 4.79 Å². The average molecular weight is 417 g/mol. The van der Waals surface area contributed by atoms with Crippen molar-refractivity contribution in [1.29, 1.82) is 0 Å². The van der Waals surface area contributed by atoms with E-state index in [0.29, 0.717) is 5.52 Å². The quantitative estimate of drug-likeness (QED) is 0.349. The fraction of sp³-hybridized carbons (Fsp3) is 0.200. The Hall–Kier alpha value is -3.05. The fourth-order valence-corrected chi connectivity index (χ4v) is 4.94. The third-order valence-corrected chi connectivity index (χ3v) is 6.67. The van der Waals surface area contributed by atoms with Crippen LogP contribution in [0.15, 0.2) is 66.7 Å². The van der Waals surface area contributed by atoms with Crippen molar-refractivity contribution in [2.45, 2.75) is 25.7 Å². The lowest BCUT2D eigenvalue weighted by atomic mass is 9.94. The predicted molar refractivity (Wildman–Crippen MR) is 121 cm³/mol. The Labute approximate surface area is 178 Å². The second-order valence-corrected chi connectivity index (χ2v) is 8.79. The number of Topliss-reactive ketones (excluding diaryl/α,β-unsaturated/α-hetero) is 1. The van der Waals surface area contributed by atoms with Crippen LogP contribution >= 0.6 is 11.3 Å². The number of carbonyl (C=O) groups excluding carboxylic acids is 1.